The zero-order valence-corrected chi connectivity index (χ0v) is 16.3. The average molecular weight is 531 g/mol. The van der Waals surface area contributed by atoms with E-state index in [4.69, 9.17) is 0 Å². The minimum absolute atomic E-state index is 0.147. The van der Waals surface area contributed by atoms with Crippen molar-refractivity contribution in [2.45, 2.75) is 6.92 Å². The number of aryl methyl sites for hydroxylation is 1. The van der Waals surface area contributed by atoms with Gasteiger partial charge in [0.25, 0.3) is 5.56 Å². The first kappa shape index (κ1) is 16.4. The van der Waals surface area contributed by atoms with Crippen LogP contribution in [0.5, 0.6) is 5.75 Å². The first-order valence-corrected chi connectivity index (χ1v) is 8.84. The molecule has 1 N–H and O–H groups in total. The molecule has 7 heteroatoms. The second-order valence-corrected chi connectivity index (χ2v) is 7.27. The molecule has 5 nitrogen and oxygen atoms in total. The third-order valence-electron chi connectivity index (χ3n) is 3.29. The number of para-hydroxylation sites is 1. The lowest BCUT2D eigenvalue weighted by atomic mass is 10.2. The summed E-state index contributed by atoms with van der Waals surface area (Å²) in [5.41, 5.74) is 0.970. The van der Waals surface area contributed by atoms with E-state index >= 15 is 0 Å². The van der Waals surface area contributed by atoms with Crippen molar-refractivity contribution in [1.82, 2.24) is 9.66 Å². The van der Waals surface area contributed by atoms with Crippen molar-refractivity contribution in [3.05, 3.63) is 65.3 Å². The van der Waals surface area contributed by atoms with Gasteiger partial charge in [-0.25, -0.2) is 4.98 Å². The monoisotopic (exact) mass is 531 g/mol. The summed E-state index contributed by atoms with van der Waals surface area (Å²) in [6, 6.07) is 10.8. The quantitative estimate of drug-likeness (QED) is 0.407. The topological polar surface area (TPSA) is 67.5 Å². The largest absolute Gasteiger partial charge is 0.506 e. The van der Waals surface area contributed by atoms with E-state index in [2.05, 4.69) is 55.3 Å². The molecule has 0 aliphatic rings. The van der Waals surface area contributed by atoms with Gasteiger partial charge in [0, 0.05) is 9.13 Å². The molecule has 0 amide bonds. The number of benzene rings is 2. The van der Waals surface area contributed by atoms with Gasteiger partial charge < -0.3 is 5.11 Å². The smallest absolute Gasteiger partial charge is 0.282 e. The van der Waals surface area contributed by atoms with Crippen molar-refractivity contribution in [2.75, 3.05) is 0 Å². The van der Waals surface area contributed by atoms with Gasteiger partial charge in [-0.3, -0.25) is 4.79 Å². The molecule has 3 rings (SSSR count). The van der Waals surface area contributed by atoms with E-state index < -0.39 is 0 Å². The first-order chi connectivity index (χ1) is 11.0. The van der Waals surface area contributed by atoms with Crippen LogP contribution < -0.4 is 5.56 Å². The molecule has 0 saturated heterocycles. The molecule has 0 saturated carbocycles. The molecule has 0 atom stereocenters. The zero-order valence-electron chi connectivity index (χ0n) is 12.0. The maximum atomic E-state index is 12.5. The van der Waals surface area contributed by atoms with Crippen molar-refractivity contribution in [3.8, 4) is 5.75 Å². The fourth-order valence-corrected chi connectivity index (χ4v) is 4.06. The van der Waals surface area contributed by atoms with Crippen molar-refractivity contribution in [1.29, 1.82) is 0 Å². The van der Waals surface area contributed by atoms with Crippen LogP contribution in [0.15, 0.2) is 46.3 Å². The predicted molar refractivity (Wildman–Crippen MR) is 107 cm³/mol. The van der Waals surface area contributed by atoms with E-state index in [1.165, 1.54) is 10.9 Å². The molecular weight excluding hydrogens is 520 g/mol. The van der Waals surface area contributed by atoms with Gasteiger partial charge in [-0.2, -0.15) is 9.78 Å². The fraction of sp³-hybridized carbons (Fsp3) is 0.0625. The van der Waals surface area contributed by atoms with Crippen LogP contribution in [-0.4, -0.2) is 21.0 Å². The SMILES string of the molecule is Cc1nc2ccccc2c(=O)n1/N=C/c1cc(I)cc(I)c1O. The van der Waals surface area contributed by atoms with Gasteiger partial charge in [0.15, 0.2) is 0 Å². The van der Waals surface area contributed by atoms with Gasteiger partial charge in [-0.05, 0) is 76.4 Å². The summed E-state index contributed by atoms with van der Waals surface area (Å²) in [5.74, 6) is 0.638. The first-order valence-electron chi connectivity index (χ1n) is 6.68. The Morgan fingerprint density at radius 2 is 2.00 bits per heavy atom. The normalized spacial score (nSPS) is 11.4. The standard InChI is InChI=1S/C16H11I2N3O2/c1-9-20-14-5-3-2-4-12(14)16(23)21(9)19-8-10-6-11(17)7-13(18)15(10)22/h2-8,22H,1H3/b19-8+. The molecule has 2 aromatic carbocycles. The number of rotatable bonds is 2. The molecule has 0 spiro atoms. The number of fused-ring (bicyclic) bond motifs is 1. The van der Waals surface area contributed by atoms with E-state index in [-0.39, 0.29) is 11.3 Å². The summed E-state index contributed by atoms with van der Waals surface area (Å²) in [6.07, 6.45) is 1.48. The molecular formula is C16H11I2N3O2. The van der Waals surface area contributed by atoms with Gasteiger partial charge >= 0.3 is 0 Å². The van der Waals surface area contributed by atoms with E-state index in [0.717, 1.165) is 7.14 Å². The zero-order chi connectivity index (χ0) is 16.6. The summed E-state index contributed by atoms with van der Waals surface area (Å²) in [4.78, 5) is 16.9. The number of aromatic hydroxyl groups is 1. The Morgan fingerprint density at radius 3 is 2.78 bits per heavy atom. The number of aromatic nitrogens is 2. The van der Waals surface area contributed by atoms with Crippen LogP contribution in [0.2, 0.25) is 0 Å². The Labute approximate surface area is 159 Å². The number of halogens is 2. The summed E-state index contributed by atoms with van der Waals surface area (Å²) in [7, 11) is 0. The fourth-order valence-electron chi connectivity index (χ4n) is 2.17. The Balaban J connectivity index is 2.14. The lowest BCUT2D eigenvalue weighted by Gasteiger charge is -2.06. The third-order valence-corrected chi connectivity index (χ3v) is 4.73. The molecule has 23 heavy (non-hydrogen) atoms. The Morgan fingerprint density at radius 1 is 1.26 bits per heavy atom. The van der Waals surface area contributed by atoms with Crippen molar-refractivity contribution in [3.63, 3.8) is 0 Å². The minimum atomic E-state index is -0.232. The number of phenols is 1. The minimum Gasteiger partial charge on any atom is -0.506 e. The van der Waals surface area contributed by atoms with Crippen LogP contribution in [0.4, 0.5) is 0 Å². The molecule has 0 fully saturated rings. The predicted octanol–water partition coefficient (Wildman–Crippen LogP) is 3.50. The number of phenolic OH excluding ortho intramolecular Hbond substituents is 1. The van der Waals surface area contributed by atoms with E-state index in [0.29, 0.717) is 22.3 Å². The van der Waals surface area contributed by atoms with E-state index in [9.17, 15) is 9.90 Å². The molecule has 0 radical (unpaired) electrons. The molecule has 0 aliphatic carbocycles. The highest BCUT2D eigenvalue weighted by atomic mass is 127. The lowest BCUT2D eigenvalue weighted by Crippen LogP contribution is -2.20. The van der Waals surface area contributed by atoms with Crippen molar-refractivity contribution < 1.29 is 5.11 Å². The van der Waals surface area contributed by atoms with Gasteiger partial charge in [-0.1, -0.05) is 12.1 Å². The molecule has 3 aromatic rings. The van der Waals surface area contributed by atoms with Crippen molar-refractivity contribution >= 4 is 62.3 Å². The average Bonchev–Trinajstić information content (AvgIpc) is 2.51. The summed E-state index contributed by atoms with van der Waals surface area (Å²) < 4.78 is 2.96. The Hall–Kier alpha value is -1.49. The highest BCUT2D eigenvalue weighted by Gasteiger charge is 2.08. The number of nitrogens with zero attached hydrogens (tertiary/aromatic N) is 3. The molecule has 0 unspecified atom stereocenters. The van der Waals surface area contributed by atoms with Crippen LogP contribution in [0.1, 0.15) is 11.4 Å². The molecule has 0 bridgehead atoms. The van der Waals surface area contributed by atoms with Gasteiger partial charge in [0.2, 0.25) is 0 Å². The van der Waals surface area contributed by atoms with Crippen LogP contribution in [0.25, 0.3) is 10.9 Å². The Kier molecular flexibility index (Phi) is 4.67. The molecule has 116 valence electrons. The van der Waals surface area contributed by atoms with Crippen LogP contribution in [0, 0.1) is 14.1 Å². The van der Waals surface area contributed by atoms with Gasteiger partial charge in [-0.15, -0.1) is 0 Å². The highest BCUT2D eigenvalue weighted by Crippen LogP contribution is 2.25. The second kappa shape index (κ2) is 6.56. The number of hydrogen-bond acceptors (Lipinski definition) is 4. The summed E-state index contributed by atoms with van der Waals surface area (Å²) in [6.45, 7) is 1.73. The maximum Gasteiger partial charge on any atom is 0.282 e. The van der Waals surface area contributed by atoms with Crippen LogP contribution >= 0.6 is 45.2 Å². The summed E-state index contributed by atoms with van der Waals surface area (Å²) in [5, 5.41) is 14.8. The van der Waals surface area contributed by atoms with Crippen molar-refractivity contribution in [2.24, 2.45) is 5.10 Å². The molecule has 0 aliphatic heterocycles. The highest BCUT2D eigenvalue weighted by molar-refractivity contribution is 14.1. The second-order valence-electron chi connectivity index (χ2n) is 4.86. The molecule has 1 aromatic heterocycles. The van der Waals surface area contributed by atoms with Gasteiger partial charge in [0.1, 0.15) is 11.6 Å². The van der Waals surface area contributed by atoms with E-state index in [1.807, 2.05) is 12.1 Å². The Bertz CT molecular complexity index is 997. The van der Waals surface area contributed by atoms with Gasteiger partial charge in [0.05, 0.1) is 20.7 Å². The lowest BCUT2D eigenvalue weighted by molar-refractivity contribution is 0.470. The molecule has 1 heterocycles. The number of hydrogen-bond donors (Lipinski definition) is 1. The maximum absolute atomic E-state index is 12.5. The van der Waals surface area contributed by atoms with Crippen LogP contribution in [0.3, 0.4) is 0 Å². The van der Waals surface area contributed by atoms with Crippen LogP contribution in [-0.2, 0) is 0 Å². The summed E-state index contributed by atoms with van der Waals surface area (Å²) >= 11 is 4.23. The van der Waals surface area contributed by atoms with E-state index in [1.54, 1.807) is 31.2 Å². The third kappa shape index (κ3) is 3.25.